The molecule has 5 nitrogen and oxygen atoms in total. The van der Waals surface area contributed by atoms with Crippen LogP contribution in [0.25, 0.3) is 0 Å². The monoisotopic (exact) mass is 344 g/mol. The van der Waals surface area contributed by atoms with Crippen molar-refractivity contribution >= 4 is 29.7 Å². The number of hydrogen-bond acceptors (Lipinski definition) is 5. The van der Waals surface area contributed by atoms with Gasteiger partial charge in [0.1, 0.15) is 5.69 Å². The number of aromatic nitrogens is 1. The summed E-state index contributed by atoms with van der Waals surface area (Å²) in [6, 6.07) is 0.323. The van der Waals surface area contributed by atoms with E-state index in [1.807, 2.05) is 10.3 Å². The second-order valence-electron chi connectivity index (χ2n) is 5.92. The maximum Gasteiger partial charge on any atom is 0.273 e. The zero-order chi connectivity index (χ0) is 14.5. The van der Waals surface area contributed by atoms with E-state index in [0.717, 1.165) is 32.6 Å². The quantitative estimate of drug-likeness (QED) is 0.885. The van der Waals surface area contributed by atoms with E-state index in [1.165, 1.54) is 43.7 Å². The number of nitrogens with one attached hydrogen (secondary N) is 1. The van der Waals surface area contributed by atoms with Crippen molar-refractivity contribution in [2.24, 2.45) is 0 Å². The van der Waals surface area contributed by atoms with Gasteiger partial charge in [0.2, 0.25) is 0 Å². The Bertz CT molecular complexity index is 444. The van der Waals surface area contributed by atoms with Crippen molar-refractivity contribution in [2.75, 3.05) is 39.3 Å². The van der Waals surface area contributed by atoms with Gasteiger partial charge in [0.05, 0.1) is 5.51 Å². The Labute approximate surface area is 142 Å². The highest BCUT2D eigenvalue weighted by Gasteiger charge is 2.28. The summed E-state index contributed by atoms with van der Waals surface area (Å²) in [6.07, 6.45) is 5.00. The largest absolute Gasteiger partial charge is 0.332 e. The molecule has 7 heteroatoms. The van der Waals surface area contributed by atoms with Gasteiger partial charge < -0.3 is 15.1 Å². The number of thiazole rings is 1. The van der Waals surface area contributed by atoms with E-state index >= 15 is 0 Å². The number of likely N-dealkylation sites (tertiary alicyclic amines) is 1. The highest BCUT2D eigenvalue weighted by atomic mass is 35.5. The fraction of sp³-hybridized carbons (Fsp3) is 0.733. The second kappa shape index (κ2) is 8.82. The predicted octanol–water partition coefficient (Wildman–Crippen LogP) is 1.85. The summed E-state index contributed by atoms with van der Waals surface area (Å²) in [5.74, 6) is 0.0990. The molecule has 2 saturated heterocycles. The molecule has 2 fully saturated rings. The molecular formula is C15H25ClN4OS. The fourth-order valence-corrected chi connectivity index (χ4v) is 3.78. The topological polar surface area (TPSA) is 48.5 Å². The molecule has 1 atom stereocenters. The van der Waals surface area contributed by atoms with Crippen LogP contribution in [0.3, 0.4) is 0 Å². The van der Waals surface area contributed by atoms with Crippen LogP contribution in [0.15, 0.2) is 10.9 Å². The van der Waals surface area contributed by atoms with Crippen molar-refractivity contribution in [1.29, 1.82) is 0 Å². The van der Waals surface area contributed by atoms with Crippen LogP contribution in [-0.4, -0.2) is 66.0 Å². The first-order valence-electron chi connectivity index (χ1n) is 7.97. The first-order chi connectivity index (χ1) is 10.3. The molecule has 0 bridgehead atoms. The van der Waals surface area contributed by atoms with Crippen molar-refractivity contribution in [1.82, 2.24) is 20.1 Å². The lowest BCUT2D eigenvalue weighted by Crippen LogP contribution is -2.46. The van der Waals surface area contributed by atoms with E-state index in [1.54, 1.807) is 5.51 Å². The van der Waals surface area contributed by atoms with Crippen molar-refractivity contribution < 1.29 is 4.79 Å². The third-order valence-corrected chi connectivity index (χ3v) is 5.08. The molecular weight excluding hydrogens is 320 g/mol. The Balaban J connectivity index is 0.00000176. The summed E-state index contributed by atoms with van der Waals surface area (Å²) in [4.78, 5) is 21.4. The van der Waals surface area contributed by atoms with Gasteiger partial charge in [0.15, 0.2) is 0 Å². The summed E-state index contributed by atoms with van der Waals surface area (Å²) in [6.45, 7) is 6.10. The minimum absolute atomic E-state index is 0. The maximum atomic E-state index is 12.7. The van der Waals surface area contributed by atoms with E-state index in [2.05, 4.69) is 15.2 Å². The number of hydrogen-bond donors (Lipinski definition) is 1. The van der Waals surface area contributed by atoms with Crippen LogP contribution in [0.1, 0.15) is 36.2 Å². The number of nitrogens with zero attached hydrogens (tertiary/aromatic N) is 3. The molecule has 0 aromatic carbocycles. The van der Waals surface area contributed by atoms with Gasteiger partial charge in [-0.15, -0.1) is 23.7 Å². The molecule has 1 N–H and O–H groups in total. The number of carbonyl (C=O) groups excluding carboxylic acids is 1. The SMILES string of the molecule is Cl.O=C(c1cscn1)N(CCN1CCCCC1)C1CCNC1. The third kappa shape index (κ3) is 4.41. The van der Waals surface area contributed by atoms with Gasteiger partial charge in [0, 0.05) is 31.1 Å². The lowest BCUT2D eigenvalue weighted by molar-refractivity contribution is 0.0654. The van der Waals surface area contributed by atoms with Crippen LogP contribution in [0.4, 0.5) is 0 Å². The summed E-state index contributed by atoms with van der Waals surface area (Å²) >= 11 is 1.49. The summed E-state index contributed by atoms with van der Waals surface area (Å²) in [5.41, 5.74) is 2.34. The Morgan fingerprint density at radius 1 is 1.41 bits per heavy atom. The molecule has 2 aliphatic heterocycles. The Hall–Kier alpha value is -0.690. The molecule has 0 saturated carbocycles. The molecule has 0 spiro atoms. The minimum Gasteiger partial charge on any atom is -0.332 e. The molecule has 1 aromatic rings. The summed E-state index contributed by atoms with van der Waals surface area (Å²) < 4.78 is 0. The zero-order valence-corrected chi connectivity index (χ0v) is 14.5. The molecule has 0 radical (unpaired) electrons. The lowest BCUT2D eigenvalue weighted by Gasteiger charge is -2.32. The average Bonchev–Trinajstić information content (AvgIpc) is 3.22. The maximum absolute atomic E-state index is 12.7. The highest BCUT2D eigenvalue weighted by Crippen LogP contribution is 2.15. The van der Waals surface area contributed by atoms with Crippen LogP contribution < -0.4 is 5.32 Å². The van der Waals surface area contributed by atoms with E-state index in [-0.39, 0.29) is 18.3 Å². The van der Waals surface area contributed by atoms with Crippen molar-refractivity contribution in [3.05, 3.63) is 16.6 Å². The van der Waals surface area contributed by atoms with Crippen molar-refractivity contribution in [3.8, 4) is 0 Å². The van der Waals surface area contributed by atoms with Gasteiger partial charge in [-0.05, 0) is 38.9 Å². The van der Waals surface area contributed by atoms with Crippen molar-refractivity contribution in [3.63, 3.8) is 0 Å². The first kappa shape index (κ1) is 17.7. The van der Waals surface area contributed by atoms with E-state index in [0.29, 0.717) is 11.7 Å². The van der Waals surface area contributed by atoms with E-state index in [9.17, 15) is 4.79 Å². The van der Waals surface area contributed by atoms with Gasteiger partial charge in [-0.2, -0.15) is 0 Å². The van der Waals surface area contributed by atoms with Crippen LogP contribution in [0.2, 0.25) is 0 Å². The van der Waals surface area contributed by atoms with Crippen LogP contribution in [0, 0.1) is 0 Å². The summed E-state index contributed by atoms with van der Waals surface area (Å²) in [5, 5.41) is 5.23. The Morgan fingerprint density at radius 2 is 2.23 bits per heavy atom. The lowest BCUT2D eigenvalue weighted by atomic mass is 10.1. The van der Waals surface area contributed by atoms with Gasteiger partial charge in [-0.25, -0.2) is 4.98 Å². The van der Waals surface area contributed by atoms with Crippen LogP contribution >= 0.6 is 23.7 Å². The number of rotatable bonds is 5. The molecule has 1 amide bonds. The fourth-order valence-electron chi connectivity index (χ4n) is 3.25. The summed E-state index contributed by atoms with van der Waals surface area (Å²) in [7, 11) is 0. The Morgan fingerprint density at radius 3 is 2.86 bits per heavy atom. The molecule has 1 unspecified atom stereocenters. The molecule has 3 heterocycles. The molecule has 3 rings (SSSR count). The minimum atomic E-state index is 0. The third-order valence-electron chi connectivity index (χ3n) is 4.49. The number of carbonyl (C=O) groups is 1. The standard InChI is InChI=1S/C15H24N4OS.ClH/c20-15(14-11-21-12-17-14)19(13-4-5-16-10-13)9-8-18-6-2-1-3-7-18;/h11-13,16H,1-10H2;1H. The molecule has 1 aromatic heterocycles. The number of halogens is 1. The van der Waals surface area contributed by atoms with Gasteiger partial charge in [0.25, 0.3) is 5.91 Å². The number of piperidine rings is 1. The predicted molar refractivity (Wildman–Crippen MR) is 92.0 cm³/mol. The number of amides is 1. The van der Waals surface area contributed by atoms with Crippen LogP contribution in [-0.2, 0) is 0 Å². The van der Waals surface area contributed by atoms with Crippen molar-refractivity contribution in [2.45, 2.75) is 31.7 Å². The zero-order valence-electron chi connectivity index (χ0n) is 12.9. The molecule has 22 heavy (non-hydrogen) atoms. The highest BCUT2D eigenvalue weighted by molar-refractivity contribution is 7.07. The van der Waals surface area contributed by atoms with E-state index < -0.39 is 0 Å². The molecule has 2 aliphatic rings. The van der Waals surface area contributed by atoms with Gasteiger partial charge in [-0.3, -0.25) is 4.79 Å². The molecule has 0 aliphatic carbocycles. The molecule has 124 valence electrons. The van der Waals surface area contributed by atoms with Crippen LogP contribution in [0.5, 0.6) is 0 Å². The average molecular weight is 345 g/mol. The Kier molecular flexibility index (Phi) is 7.08. The van der Waals surface area contributed by atoms with E-state index in [4.69, 9.17) is 0 Å². The first-order valence-corrected chi connectivity index (χ1v) is 8.91. The van der Waals surface area contributed by atoms with Gasteiger partial charge in [-0.1, -0.05) is 6.42 Å². The smallest absolute Gasteiger partial charge is 0.273 e. The normalized spacial score (nSPS) is 22.3. The van der Waals surface area contributed by atoms with Gasteiger partial charge >= 0.3 is 0 Å². The second-order valence-corrected chi connectivity index (χ2v) is 6.64.